The molecule has 0 radical (unpaired) electrons. The Bertz CT molecular complexity index is 333. The van der Waals surface area contributed by atoms with Crippen LogP contribution in [-0.2, 0) is 0 Å². The Hall–Kier alpha value is -0.521. The normalized spacial score (nSPS) is 16.8. The van der Waals surface area contributed by atoms with E-state index < -0.39 is 0 Å². The Morgan fingerprint density at radius 3 is 2.31 bits per heavy atom. The summed E-state index contributed by atoms with van der Waals surface area (Å²) in [6, 6.07) is 8.95. The first kappa shape index (κ1) is 9.05. The molecule has 1 heterocycles. The number of hydrogen-bond acceptors (Lipinski definition) is 0. The summed E-state index contributed by atoms with van der Waals surface area (Å²) >= 11 is 0.735. The van der Waals surface area contributed by atoms with Crippen LogP contribution in [0.1, 0.15) is 24.5 Å². The first-order valence-corrected chi connectivity index (χ1v) is 6.74. The van der Waals surface area contributed by atoms with Gasteiger partial charge >= 0.3 is 86.0 Å². The van der Waals surface area contributed by atoms with Crippen molar-refractivity contribution >= 4 is 19.4 Å². The van der Waals surface area contributed by atoms with Crippen molar-refractivity contribution in [3.63, 3.8) is 0 Å². The molecule has 0 saturated carbocycles. The van der Waals surface area contributed by atoms with Crippen LogP contribution in [0.4, 0.5) is 0 Å². The molecule has 0 amide bonds. The molecule has 0 aromatic heterocycles. The molecule has 0 bridgehead atoms. The van der Waals surface area contributed by atoms with E-state index in [-0.39, 0.29) is 0 Å². The van der Waals surface area contributed by atoms with Gasteiger partial charge < -0.3 is 0 Å². The summed E-state index contributed by atoms with van der Waals surface area (Å²) in [4.78, 5) is 0. The van der Waals surface area contributed by atoms with Gasteiger partial charge in [-0.2, -0.15) is 0 Å². The Kier molecular flexibility index (Phi) is 2.57. The Morgan fingerprint density at radius 2 is 1.77 bits per heavy atom. The van der Waals surface area contributed by atoms with Crippen LogP contribution in [-0.4, -0.2) is 15.0 Å². The minimum absolute atomic E-state index is 0.735. The summed E-state index contributed by atoms with van der Waals surface area (Å²) in [6.07, 6.45) is 1.32. The molecule has 0 atom stereocenters. The van der Waals surface area contributed by atoms with Crippen molar-refractivity contribution in [1.29, 1.82) is 0 Å². The second-order valence-corrected chi connectivity index (χ2v) is 5.89. The number of aryl methyl sites for hydroxylation is 1. The van der Waals surface area contributed by atoms with Crippen LogP contribution in [0.3, 0.4) is 0 Å². The number of rotatable bonds is 1. The van der Waals surface area contributed by atoms with Crippen molar-refractivity contribution in [3.8, 4) is 0 Å². The molecular weight excluding hydrogens is 223 g/mol. The summed E-state index contributed by atoms with van der Waals surface area (Å²) < 4.78 is 1.65. The van der Waals surface area contributed by atoms with Crippen molar-refractivity contribution in [2.24, 2.45) is 0 Å². The summed E-state index contributed by atoms with van der Waals surface area (Å²) in [6.45, 7) is 4.43. The fraction of sp³-hybridized carbons (Fsp3) is 0.333. The second kappa shape index (κ2) is 3.69. The zero-order valence-corrected chi connectivity index (χ0v) is 9.84. The molecule has 1 aliphatic heterocycles. The van der Waals surface area contributed by atoms with E-state index in [9.17, 15) is 0 Å². The molecule has 68 valence electrons. The van der Waals surface area contributed by atoms with Gasteiger partial charge in [0, 0.05) is 0 Å². The third-order valence-electron chi connectivity index (χ3n) is 2.42. The second-order valence-electron chi connectivity index (χ2n) is 3.57. The van der Waals surface area contributed by atoms with Crippen molar-refractivity contribution in [2.45, 2.75) is 25.6 Å². The van der Waals surface area contributed by atoms with Crippen LogP contribution in [0.2, 0.25) is 5.32 Å². The molecule has 0 nitrogen and oxygen atoms in total. The monoisotopic (exact) mass is 238 g/mol. The Morgan fingerprint density at radius 1 is 1.08 bits per heavy atom. The van der Waals surface area contributed by atoms with E-state index in [2.05, 4.69) is 38.1 Å². The first-order valence-electron chi connectivity index (χ1n) is 4.67. The van der Waals surface area contributed by atoms with Gasteiger partial charge in [-0.15, -0.1) is 0 Å². The van der Waals surface area contributed by atoms with Crippen LogP contribution in [0.5, 0.6) is 0 Å². The molecule has 1 aromatic rings. The zero-order chi connectivity index (χ0) is 9.26. The van der Waals surface area contributed by atoms with Crippen LogP contribution < -0.4 is 0 Å². The summed E-state index contributed by atoms with van der Waals surface area (Å²) in [7, 11) is 0. The van der Waals surface area contributed by atoms with Crippen LogP contribution in [0, 0.1) is 6.92 Å². The van der Waals surface area contributed by atoms with E-state index >= 15 is 0 Å². The Labute approximate surface area is 86.2 Å². The molecule has 0 aliphatic carbocycles. The van der Waals surface area contributed by atoms with Gasteiger partial charge in [-0.3, -0.25) is 0 Å². The van der Waals surface area contributed by atoms with Crippen molar-refractivity contribution in [1.82, 2.24) is 0 Å². The zero-order valence-electron chi connectivity index (χ0n) is 8.13. The number of hydrogen-bond donors (Lipinski definition) is 0. The fourth-order valence-electron chi connectivity index (χ4n) is 1.58. The molecule has 0 fully saturated rings. The van der Waals surface area contributed by atoms with Crippen LogP contribution in [0.25, 0.3) is 4.47 Å². The standard InChI is InChI=1S/C12H14Se/c1-9-3-5-11(6-4-9)12-10(2)7-8-13-12/h3-6H,7-8H2,1-2H3. The maximum atomic E-state index is 2.28. The molecule has 2 rings (SSSR count). The summed E-state index contributed by atoms with van der Waals surface area (Å²) in [5.41, 5.74) is 4.43. The molecule has 0 N–H and O–H groups in total. The van der Waals surface area contributed by atoms with Crippen molar-refractivity contribution < 1.29 is 0 Å². The van der Waals surface area contributed by atoms with Gasteiger partial charge in [-0.05, 0) is 0 Å². The number of benzene rings is 1. The van der Waals surface area contributed by atoms with Crippen LogP contribution >= 0.6 is 0 Å². The van der Waals surface area contributed by atoms with Gasteiger partial charge in [0.25, 0.3) is 0 Å². The van der Waals surface area contributed by atoms with Gasteiger partial charge in [0.2, 0.25) is 0 Å². The molecule has 0 unspecified atom stereocenters. The quantitative estimate of drug-likeness (QED) is 0.658. The predicted molar refractivity (Wildman–Crippen MR) is 59.0 cm³/mol. The average Bonchev–Trinajstić information content (AvgIpc) is 2.53. The molecular formula is C12H14Se. The summed E-state index contributed by atoms with van der Waals surface area (Å²) in [5, 5.41) is 1.40. The van der Waals surface area contributed by atoms with Gasteiger partial charge in [0.05, 0.1) is 0 Å². The van der Waals surface area contributed by atoms with E-state index in [4.69, 9.17) is 0 Å². The molecule has 0 spiro atoms. The summed E-state index contributed by atoms with van der Waals surface area (Å²) in [5.74, 6) is 0. The third-order valence-corrected chi connectivity index (χ3v) is 5.11. The fourth-order valence-corrected chi connectivity index (χ4v) is 4.23. The maximum absolute atomic E-state index is 2.28. The van der Waals surface area contributed by atoms with E-state index in [1.54, 1.807) is 10.0 Å². The molecule has 13 heavy (non-hydrogen) atoms. The third kappa shape index (κ3) is 1.87. The van der Waals surface area contributed by atoms with Gasteiger partial charge in [-0.25, -0.2) is 0 Å². The van der Waals surface area contributed by atoms with E-state index in [1.807, 2.05) is 0 Å². The number of allylic oxidation sites excluding steroid dienone is 1. The van der Waals surface area contributed by atoms with Gasteiger partial charge in [0.1, 0.15) is 0 Å². The SMILES string of the molecule is CC1=C(c2ccc(C)cc2)[Se]CC1. The Balaban J connectivity index is 2.36. The molecule has 1 aromatic carbocycles. The van der Waals surface area contributed by atoms with Crippen LogP contribution in [0.15, 0.2) is 29.8 Å². The van der Waals surface area contributed by atoms with Crippen molar-refractivity contribution in [2.75, 3.05) is 0 Å². The minimum atomic E-state index is 0.735. The van der Waals surface area contributed by atoms with E-state index in [1.165, 1.54) is 22.9 Å². The molecule has 0 saturated heterocycles. The first-order chi connectivity index (χ1) is 6.27. The van der Waals surface area contributed by atoms with Gasteiger partial charge in [0.15, 0.2) is 0 Å². The van der Waals surface area contributed by atoms with E-state index in [0.717, 1.165) is 15.0 Å². The van der Waals surface area contributed by atoms with E-state index in [0.29, 0.717) is 0 Å². The average molecular weight is 237 g/mol. The topological polar surface area (TPSA) is 0 Å². The molecule has 1 heteroatoms. The molecule has 1 aliphatic rings. The van der Waals surface area contributed by atoms with Gasteiger partial charge in [-0.1, -0.05) is 0 Å². The predicted octanol–water partition coefficient (Wildman–Crippen LogP) is 3.25. The van der Waals surface area contributed by atoms with Crippen molar-refractivity contribution in [3.05, 3.63) is 41.0 Å².